The monoisotopic (exact) mass is 281 g/mol. The summed E-state index contributed by atoms with van der Waals surface area (Å²) in [6.07, 6.45) is 11.9. The molecule has 3 heteroatoms. The van der Waals surface area contributed by atoms with Gasteiger partial charge in [-0.3, -0.25) is 0 Å². The van der Waals surface area contributed by atoms with E-state index in [0.717, 1.165) is 0 Å². The first kappa shape index (κ1) is 14.2. The fourth-order valence-electron chi connectivity index (χ4n) is 3.92. The Labute approximate surface area is 126 Å². The molecule has 1 aromatic heterocycles. The second-order valence-corrected chi connectivity index (χ2v) is 5.98. The topological polar surface area (TPSA) is 37.8 Å². The first-order valence-corrected chi connectivity index (χ1v) is 7.84. The maximum absolute atomic E-state index is 4.22. The molecule has 0 bridgehead atoms. The third-order valence-corrected chi connectivity index (χ3v) is 4.85. The Kier molecular flexibility index (Phi) is 4.30. The number of nitrogens with zero attached hydrogens (tertiary/aromatic N) is 2. The summed E-state index contributed by atoms with van der Waals surface area (Å²) in [6, 6.07) is 11.2. The Hall–Kier alpha value is -1.74. The fraction of sp³-hybridized carbons (Fsp3) is 0.444. The Morgan fingerprint density at radius 2 is 1.67 bits per heavy atom. The average molecular weight is 281 g/mol. The van der Waals surface area contributed by atoms with Crippen molar-refractivity contribution in [1.29, 1.82) is 0 Å². The van der Waals surface area contributed by atoms with Crippen molar-refractivity contribution in [3.8, 4) is 0 Å². The van der Waals surface area contributed by atoms with Crippen LogP contribution in [0.2, 0.25) is 0 Å². The lowest BCUT2D eigenvalue weighted by Gasteiger charge is -2.44. The molecule has 1 aliphatic carbocycles. The summed E-state index contributed by atoms with van der Waals surface area (Å²) in [4.78, 5) is 8.44. The van der Waals surface area contributed by atoms with E-state index in [1.54, 1.807) is 6.33 Å². The van der Waals surface area contributed by atoms with Gasteiger partial charge in [-0.15, -0.1) is 0 Å². The third-order valence-electron chi connectivity index (χ3n) is 4.85. The zero-order valence-electron chi connectivity index (χ0n) is 12.6. The second-order valence-electron chi connectivity index (χ2n) is 5.98. The van der Waals surface area contributed by atoms with Gasteiger partial charge in [0.1, 0.15) is 6.33 Å². The minimum atomic E-state index is 0.152. The maximum Gasteiger partial charge on any atom is 0.115 e. The number of aromatic nitrogens is 2. The highest BCUT2D eigenvalue weighted by molar-refractivity contribution is 5.32. The number of likely N-dealkylation sites (N-methyl/N-ethyl adjacent to an activating group) is 1. The first-order valence-electron chi connectivity index (χ1n) is 7.84. The SMILES string of the molecule is CNC(c1cncnc1)C1(c2ccccc2)CCCCC1. The van der Waals surface area contributed by atoms with Crippen LogP contribution < -0.4 is 5.32 Å². The molecule has 2 aromatic rings. The summed E-state index contributed by atoms with van der Waals surface area (Å²) < 4.78 is 0. The van der Waals surface area contributed by atoms with Gasteiger partial charge in [-0.05, 0) is 25.5 Å². The van der Waals surface area contributed by atoms with Crippen LogP contribution in [0.1, 0.15) is 49.3 Å². The number of benzene rings is 1. The number of rotatable bonds is 4. The molecule has 1 aliphatic rings. The third kappa shape index (κ3) is 2.70. The molecule has 0 aliphatic heterocycles. The molecule has 110 valence electrons. The van der Waals surface area contributed by atoms with Crippen molar-refractivity contribution in [3.63, 3.8) is 0 Å². The molecule has 1 aromatic carbocycles. The smallest absolute Gasteiger partial charge is 0.115 e. The summed E-state index contributed by atoms with van der Waals surface area (Å²) in [5, 5.41) is 3.55. The fourth-order valence-corrected chi connectivity index (χ4v) is 3.92. The molecule has 1 heterocycles. The van der Waals surface area contributed by atoms with Gasteiger partial charge >= 0.3 is 0 Å². The molecular weight excluding hydrogens is 258 g/mol. The van der Waals surface area contributed by atoms with Crippen LogP contribution in [0.25, 0.3) is 0 Å². The summed E-state index contributed by atoms with van der Waals surface area (Å²) in [6.45, 7) is 0. The lowest BCUT2D eigenvalue weighted by molar-refractivity contribution is 0.220. The quantitative estimate of drug-likeness (QED) is 0.929. The minimum Gasteiger partial charge on any atom is -0.312 e. The van der Waals surface area contributed by atoms with Crippen molar-refractivity contribution < 1.29 is 0 Å². The Balaban J connectivity index is 2.06. The summed E-state index contributed by atoms with van der Waals surface area (Å²) in [7, 11) is 2.05. The predicted octanol–water partition coefficient (Wildman–Crippen LogP) is 3.64. The summed E-state index contributed by atoms with van der Waals surface area (Å²) in [5.74, 6) is 0. The van der Waals surface area contributed by atoms with Crippen LogP contribution in [0.3, 0.4) is 0 Å². The van der Waals surface area contributed by atoms with E-state index in [9.17, 15) is 0 Å². The number of hydrogen-bond acceptors (Lipinski definition) is 3. The van der Waals surface area contributed by atoms with Crippen LogP contribution in [0.4, 0.5) is 0 Å². The van der Waals surface area contributed by atoms with E-state index in [1.807, 2.05) is 12.4 Å². The van der Waals surface area contributed by atoms with Gasteiger partial charge in [0.2, 0.25) is 0 Å². The summed E-state index contributed by atoms with van der Waals surface area (Å²) in [5.41, 5.74) is 2.78. The molecule has 0 saturated heterocycles. The molecule has 1 fully saturated rings. The van der Waals surface area contributed by atoms with Crippen LogP contribution in [-0.2, 0) is 5.41 Å². The van der Waals surface area contributed by atoms with Gasteiger partial charge in [-0.1, -0.05) is 49.6 Å². The zero-order valence-corrected chi connectivity index (χ0v) is 12.6. The molecule has 0 radical (unpaired) electrons. The zero-order chi connectivity index (χ0) is 14.5. The van der Waals surface area contributed by atoms with Crippen LogP contribution >= 0.6 is 0 Å². The number of nitrogens with one attached hydrogen (secondary N) is 1. The largest absolute Gasteiger partial charge is 0.312 e. The predicted molar refractivity (Wildman–Crippen MR) is 85.0 cm³/mol. The first-order chi connectivity index (χ1) is 10.4. The van der Waals surface area contributed by atoms with Crippen LogP contribution in [0.5, 0.6) is 0 Å². The van der Waals surface area contributed by atoms with Gasteiger partial charge in [0, 0.05) is 29.4 Å². The second kappa shape index (κ2) is 6.35. The van der Waals surface area contributed by atoms with Gasteiger partial charge in [0.25, 0.3) is 0 Å². The lowest BCUT2D eigenvalue weighted by atomic mass is 9.63. The molecule has 21 heavy (non-hydrogen) atoms. The highest BCUT2D eigenvalue weighted by Crippen LogP contribution is 2.47. The van der Waals surface area contributed by atoms with Crippen molar-refractivity contribution in [2.24, 2.45) is 0 Å². The molecule has 1 unspecified atom stereocenters. The van der Waals surface area contributed by atoms with Crippen molar-refractivity contribution in [3.05, 3.63) is 60.2 Å². The van der Waals surface area contributed by atoms with Gasteiger partial charge in [-0.25, -0.2) is 9.97 Å². The van der Waals surface area contributed by atoms with E-state index >= 15 is 0 Å². The van der Waals surface area contributed by atoms with E-state index in [-0.39, 0.29) is 11.5 Å². The Morgan fingerprint density at radius 3 is 2.29 bits per heavy atom. The molecular formula is C18H23N3. The molecule has 0 amide bonds. The van der Waals surface area contributed by atoms with Crippen LogP contribution in [-0.4, -0.2) is 17.0 Å². The molecule has 3 rings (SSSR count). The standard InChI is InChI=1S/C18H23N3/c1-19-17(15-12-20-14-21-13-15)18(10-6-3-7-11-18)16-8-4-2-5-9-16/h2,4-5,8-9,12-14,17,19H,3,6-7,10-11H2,1H3. The van der Waals surface area contributed by atoms with E-state index < -0.39 is 0 Å². The number of hydrogen-bond donors (Lipinski definition) is 1. The van der Waals surface area contributed by atoms with Gasteiger partial charge in [0.15, 0.2) is 0 Å². The van der Waals surface area contributed by atoms with E-state index in [4.69, 9.17) is 0 Å². The molecule has 3 nitrogen and oxygen atoms in total. The van der Waals surface area contributed by atoms with E-state index in [2.05, 4.69) is 52.7 Å². The Bertz CT molecular complexity index is 547. The van der Waals surface area contributed by atoms with Gasteiger partial charge < -0.3 is 5.32 Å². The van der Waals surface area contributed by atoms with E-state index in [0.29, 0.717) is 0 Å². The van der Waals surface area contributed by atoms with E-state index in [1.165, 1.54) is 43.2 Å². The minimum absolute atomic E-state index is 0.152. The molecule has 1 saturated carbocycles. The van der Waals surface area contributed by atoms with Gasteiger partial charge in [-0.2, -0.15) is 0 Å². The van der Waals surface area contributed by atoms with Crippen molar-refractivity contribution in [1.82, 2.24) is 15.3 Å². The van der Waals surface area contributed by atoms with Crippen molar-refractivity contribution in [2.45, 2.75) is 43.6 Å². The van der Waals surface area contributed by atoms with Crippen LogP contribution in [0.15, 0.2) is 49.1 Å². The highest BCUT2D eigenvalue weighted by atomic mass is 14.9. The average Bonchev–Trinajstić information content (AvgIpc) is 2.58. The van der Waals surface area contributed by atoms with Gasteiger partial charge in [0.05, 0.1) is 0 Å². The Morgan fingerprint density at radius 1 is 1.00 bits per heavy atom. The molecule has 1 atom stereocenters. The van der Waals surface area contributed by atoms with Crippen molar-refractivity contribution in [2.75, 3.05) is 7.05 Å². The van der Waals surface area contributed by atoms with Crippen LogP contribution in [0, 0.1) is 0 Å². The van der Waals surface area contributed by atoms with Crippen molar-refractivity contribution >= 4 is 0 Å². The maximum atomic E-state index is 4.22. The molecule has 1 N–H and O–H groups in total. The lowest BCUT2D eigenvalue weighted by Crippen LogP contribution is -2.42. The molecule has 0 spiro atoms. The summed E-state index contributed by atoms with van der Waals surface area (Å²) >= 11 is 0. The normalized spacial score (nSPS) is 19.1. The highest BCUT2D eigenvalue weighted by Gasteiger charge is 2.41.